The molecule has 2 nitrogen and oxygen atoms in total. The molecule has 0 aliphatic rings. The van der Waals surface area contributed by atoms with E-state index in [0.29, 0.717) is 0 Å². The standard InChI is InChI=1S/C15H15NO/c1-2-12-3-7-14(16-11-12)8-4-13-5-9-15(17)10-6-13/h3-11,17H,2H2,1H3/b8-4+. The second kappa shape index (κ2) is 5.30. The summed E-state index contributed by atoms with van der Waals surface area (Å²) < 4.78 is 0. The summed E-state index contributed by atoms with van der Waals surface area (Å²) in [4.78, 5) is 4.35. The third-order valence-corrected chi connectivity index (χ3v) is 2.60. The molecule has 0 aliphatic carbocycles. The van der Waals surface area contributed by atoms with Crippen LogP contribution in [0.1, 0.15) is 23.7 Å². The van der Waals surface area contributed by atoms with Crippen LogP contribution >= 0.6 is 0 Å². The summed E-state index contributed by atoms with van der Waals surface area (Å²) in [6.07, 6.45) is 6.85. The fraction of sp³-hybridized carbons (Fsp3) is 0.133. The average Bonchev–Trinajstić information content (AvgIpc) is 2.39. The SMILES string of the molecule is CCc1ccc(/C=C/c2ccc(O)cc2)nc1. The molecule has 0 amide bonds. The molecule has 86 valence electrons. The van der Waals surface area contributed by atoms with E-state index in [-0.39, 0.29) is 5.75 Å². The van der Waals surface area contributed by atoms with Gasteiger partial charge in [0.25, 0.3) is 0 Å². The van der Waals surface area contributed by atoms with Crippen LogP contribution in [0, 0.1) is 0 Å². The summed E-state index contributed by atoms with van der Waals surface area (Å²) in [5, 5.41) is 9.16. The summed E-state index contributed by atoms with van der Waals surface area (Å²) >= 11 is 0. The number of pyridine rings is 1. The van der Waals surface area contributed by atoms with E-state index in [1.807, 2.05) is 36.5 Å². The zero-order valence-corrected chi connectivity index (χ0v) is 9.80. The molecule has 1 heterocycles. The average molecular weight is 225 g/mol. The number of aromatic hydroxyl groups is 1. The molecule has 1 aromatic heterocycles. The number of phenolic OH excluding ortho intramolecular Hbond substituents is 1. The van der Waals surface area contributed by atoms with E-state index in [2.05, 4.69) is 18.0 Å². The van der Waals surface area contributed by atoms with Crippen LogP contribution in [-0.4, -0.2) is 10.1 Å². The van der Waals surface area contributed by atoms with Crippen LogP contribution in [0.5, 0.6) is 5.75 Å². The van der Waals surface area contributed by atoms with Crippen molar-refractivity contribution >= 4 is 12.2 Å². The molecule has 0 unspecified atom stereocenters. The van der Waals surface area contributed by atoms with Crippen molar-refractivity contribution in [3.63, 3.8) is 0 Å². The molecule has 1 N–H and O–H groups in total. The maximum Gasteiger partial charge on any atom is 0.115 e. The molecule has 0 aliphatic heterocycles. The number of benzene rings is 1. The molecule has 1 aromatic carbocycles. The molecule has 0 bridgehead atoms. The molecule has 0 radical (unpaired) electrons. The zero-order valence-electron chi connectivity index (χ0n) is 9.80. The highest BCUT2D eigenvalue weighted by atomic mass is 16.3. The lowest BCUT2D eigenvalue weighted by Crippen LogP contribution is -1.84. The molecule has 17 heavy (non-hydrogen) atoms. The third kappa shape index (κ3) is 3.18. The minimum Gasteiger partial charge on any atom is -0.508 e. The Morgan fingerprint density at radius 1 is 1.06 bits per heavy atom. The number of hydrogen-bond acceptors (Lipinski definition) is 2. The van der Waals surface area contributed by atoms with Crippen molar-refractivity contribution < 1.29 is 5.11 Å². The fourth-order valence-electron chi connectivity index (χ4n) is 1.51. The zero-order chi connectivity index (χ0) is 12.1. The first kappa shape index (κ1) is 11.4. The summed E-state index contributed by atoms with van der Waals surface area (Å²) in [5.74, 6) is 0.285. The smallest absolute Gasteiger partial charge is 0.115 e. The summed E-state index contributed by atoms with van der Waals surface area (Å²) in [5.41, 5.74) is 3.23. The van der Waals surface area contributed by atoms with Gasteiger partial charge in [-0.2, -0.15) is 0 Å². The van der Waals surface area contributed by atoms with Crippen LogP contribution in [0.4, 0.5) is 0 Å². The van der Waals surface area contributed by atoms with Crippen LogP contribution in [0.25, 0.3) is 12.2 Å². The van der Waals surface area contributed by atoms with Crippen molar-refractivity contribution in [3.05, 3.63) is 59.4 Å². The third-order valence-electron chi connectivity index (χ3n) is 2.60. The van der Waals surface area contributed by atoms with E-state index < -0.39 is 0 Å². The number of hydrogen-bond donors (Lipinski definition) is 1. The van der Waals surface area contributed by atoms with Crippen molar-refractivity contribution in [2.75, 3.05) is 0 Å². The highest BCUT2D eigenvalue weighted by Crippen LogP contribution is 2.12. The normalized spacial score (nSPS) is 10.9. The largest absolute Gasteiger partial charge is 0.508 e. The minimum atomic E-state index is 0.285. The number of phenols is 1. The van der Waals surface area contributed by atoms with Gasteiger partial charge in [-0.25, -0.2) is 0 Å². The van der Waals surface area contributed by atoms with Gasteiger partial charge in [-0.1, -0.05) is 31.2 Å². The number of nitrogens with zero attached hydrogens (tertiary/aromatic N) is 1. The second-order valence-electron chi connectivity index (χ2n) is 3.87. The Morgan fingerprint density at radius 3 is 2.41 bits per heavy atom. The van der Waals surface area contributed by atoms with Gasteiger partial charge in [0.2, 0.25) is 0 Å². The lowest BCUT2D eigenvalue weighted by atomic mass is 10.1. The number of aromatic nitrogens is 1. The predicted octanol–water partition coefficient (Wildman–Crippen LogP) is 3.52. The maximum atomic E-state index is 9.16. The molecule has 0 saturated carbocycles. The lowest BCUT2D eigenvalue weighted by molar-refractivity contribution is 0.475. The van der Waals surface area contributed by atoms with Crippen molar-refractivity contribution in [3.8, 4) is 5.75 Å². The van der Waals surface area contributed by atoms with Gasteiger partial charge in [0.15, 0.2) is 0 Å². The Labute approximate surface area is 101 Å². The molecular formula is C15H15NO. The Hall–Kier alpha value is -2.09. The van der Waals surface area contributed by atoms with E-state index >= 15 is 0 Å². The van der Waals surface area contributed by atoms with Gasteiger partial charge >= 0.3 is 0 Å². The Balaban J connectivity index is 2.11. The molecule has 0 saturated heterocycles. The van der Waals surface area contributed by atoms with Gasteiger partial charge < -0.3 is 5.11 Å². The van der Waals surface area contributed by atoms with Gasteiger partial charge in [0.1, 0.15) is 5.75 Å². The molecule has 2 rings (SSSR count). The fourth-order valence-corrected chi connectivity index (χ4v) is 1.51. The van der Waals surface area contributed by atoms with Crippen LogP contribution in [0.2, 0.25) is 0 Å². The monoisotopic (exact) mass is 225 g/mol. The van der Waals surface area contributed by atoms with Crippen molar-refractivity contribution in [2.45, 2.75) is 13.3 Å². The first-order chi connectivity index (χ1) is 8.28. The van der Waals surface area contributed by atoms with Crippen LogP contribution < -0.4 is 0 Å². The van der Waals surface area contributed by atoms with Gasteiger partial charge in [0, 0.05) is 6.20 Å². The van der Waals surface area contributed by atoms with E-state index in [0.717, 1.165) is 17.7 Å². The first-order valence-electron chi connectivity index (χ1n) is 5.70. The molecular weight excluding hydrogens is 210 g/mol. The van der Waals surface area contributed by atoms with Crippen molar-refractivity contribution in [1.82, 2.24) is 4.98 Å². The first-order valence-corrected chi connectivity index (χ1v) is 5.70. The Morgan fingerprint density at radius 2 is 1.82 bits per heavy atom. The minimum absolute atomic E-state index is 0.285. The topological polar surface area (TPSA) is 33.1 Å². The van der Waals surface area contributed by atoms with Gasteiger partial charge in [0.05, 0.1) is 5.69 Å². The highest BCUT2D eigenvalue weighted by Gasteiger charge is 1.91. The Kier molecular flexibility index (Phi) is 3.55. The van der Waals surface area contributed by atoms with Crippen molar-refractivity contribution in [2.24, 2.45) is 0 Å². The summed E-state index contributed by atoms with van der Waals surface area (Å²) in [6.45, 7) is 2.11. The van der Waals surface area contributed by atoms with Crippen molar-refractivity contribution in [1.29, 1.82) is 0 Å². The van der Waals surface area contributed by atoms with E-state index in [1.165, 1.54) is 5.56 Å². The van der Waals surface area contributed by atoms with Crippen LogP contribution in [0.15, 0.2) is 42.6 Å². The van der Waals surface area contributed by atoms with Gasteiger partial charge in [-0.05, 0) is 41.8 Å². The lowest BCUT2D eigenvalue weighted by Gasteiger charge is -1.97. The molecule has 0 fully saturated rings. The quantitative estimate of drug-likeness (QED) is 0.867. The Bertz CT molecular complexity index is 497. The van der Waals surface area contributed by atoms with E-state index in [9.17, 15) is 0 Å². The van der Waals surface area contributed by atoms with Gasteiger partial charge in [-0.3, -0.25) is 4.98 Å². The van der Waals surface area contributed by atoms with Crippen LogP contribution in [-0.2, 0) is 6.42 Å². The second-order valence-corrected chi connectivity index (χ2v) is 3.87. The summed E-state index contributed by atoms with van der Waals surface area (Å²) in [6, 6.07) is 11.2. The number of rotatable bonds is 3. The highest BCUT2D eigenvalue weighted by molar-refractivity contribution is 5.68. The maximum absolute atomic E-state index is 9.16. The molecule has 2 aromatic rings. The molecule has 0 spiro atoms. The number of aryl methyl sites for hydroxylation is 1. The molecule has 2 heteroatoms. The summed E-state index contributed by atoms with van der Waals surface area (Å²) in [7, 11) is 0. The van der Waals surface area contributed by atoms with E-state index in [4.69, 9.17) is 5.11 Å². The van der Waals surface area contributed by atoms with E-state index in [1.54, 1.807) is 12.1 Å². The van der Waals surface area contributed by atoms with Crippen LogP contribution in [0.3, 0.4) is 0 Å². The predicted molar refractivity (Wildman–Crippen MR) is 70.6 cm³/mol. The van der Waals surface area contributed by atoms with Gasteiger partial charge in [-0.15, -0.1) is 0 Å². The molecule has 0 atom stereocenters.